The van der Waals surface area contributed by atoms with Gasteiger partial charge in [0.05, 0.1) is 17.3 Å². The van der Waals surface area contributed by atoms with Crippen LogP contribution in [0.4, 0.5) is 0 Å². The fraction of sp³-hybridized carbons (Fsp3) is 0.786. The summed E-state index contributed by atoms with van der Waals surface area (Å²) in [5.41, 5.74) is 0.554. The Labute approximate surface area is 104 Å². The number of rotatable bonds is 5. The fourth-order valence-corrected chi connectivity index (χ4v) is 3.06. The summed E-state index contributed by atoms with van der Waals surface area (Å²) in [5, 5.41) is 14.8. The smallest absolute Gasteiger partial charge is 0.0708 e. The van der Waals surface area contributed by atoms with E-state index in [1.54, 1.807) is 0 Å². The van der Waals surface area contributed by atoms with Crippen molar-refractivity contribution in [3.63, 3.8) is 0 Å². The van der Waals surface area contributed by atoms with Crippen molar-refractivity contribution >= 4 is 0 Å². The molecule has 0 spiro atoms. The average molecular weight is 236 g/mol. The van der Waals surface area contributed by atoms with Crippen LogP contribution in [0.1, 0.15) is 58.2 Å². The van der Waals surface area contributed by atoms with Gasteiger partial charge in [-0.1, -0.05) is 20.8 Å². The zero-order chi connectivity index (χ0) is 12.5. The molecule has 0 atom stereocenters. The first-order valence-electron chi connectivity index (χ1n) is 6.82. The summed E-state index contributed by atoms with van der Waals surface area (Å²) >= 11 is 0. The number of aliphatic hydroxyl groups is 1. The molecule has 17 heavy (non-hydrogen) atoms. The Morgan fingerprint density at radius 1 is 1.47 bits per heavy atom. The van der Waals surface area contributed by atoms with Crippen LogP contribution in [0.2, 0.25) is 0 Å². The highest BCUT2D eigenvalue weighted by Gasteiger charge is 2.40. The standard InChI is InChI=1S/C14H24N2O/c1-4-13(5-2)16-7-6-12(15-16)10-14(17)8-11(3)9-14/h6-7,11,13,17H,4-5,8-10H2,1-3H3. The molecule has 0 aliphatic heterocycles. The van der Waals surface area contributed by atoms with Crippen LogP contribution < -0.4 is 0 Å². The summed E-state index contributed by atoms with van der Waals surface area (Å²) in [6.07, 6.45) is 6.83. The van der Waals surface area contributed by atoms with E-state index in [2.05, 4.69) is 42.8 Å². The molecule has 0 amide bonds. The second-order valence-electron chi connectivity index (χ2n) is 5.67. The summed E-state index contributed by atoms with van der Waals surface area (Å²) in [6, 6.07) is 2.55. The minimum atomic E-state index is -0.480. The van der Waals surface area contributed by atoms with Crippen molar-refractivity contribution < 1.29 is 5.11 Å². The Balaban J connectivity index is 1.99. The molecule has 1 fully saturated rings. The van der Waals surface area contributed by atoms with E-state index in [0.717, 1.165) is 31.4 Å². The number of hydrogen-bond acceptors (Lipinski definition) is 2. The van der Waals surface area contributed by atoms with Gasteiger partial charge in [-0.15, -0.1) is 0 Å². The molecule has 0 bridgehead atoms. The lowest BCUT2D eigenvalue weighted by Crippen LogP contribution is -2.44. The molecule has 0 radical (unpaired) electrons. The summed E-state index contributed by atoms with van der Waals surface area (Å²) in [5.74, 6) is 0.668. The molecule has 1 aliphatic carbocycles. The molecule has 1 aromatic heterocycles. The van der Waals surface area contributed by atoms with Gasteiger partial charge in [-0.05, 0) is 37.7 Å². The number of aromatic nitrogens is 2. The average Bonchev–Trinajstić information content (AvgIpc) is 2.66. The molecule has 0 unspecified atom stereocenters. The molecule has 3 heteroatoms. The summed E-state index contributed by atoms with van der Waals surface area (Å²) < 4.78 is 2.06. The largest absolute Gasteiger partial charge is 0.389 e. The fourth-order valence-electron chi connectivity index (χ4n) is 3.06. The Morgan fingerprint density at radius 3 is 2.65 bits per heavy atom. The minimum Gasteiger partial charge on any atom is -0.389 e. The molecule has 1 aliphatic rings. The summed E-state index contributed by atoms with van der Waals surface area (Å²) in [6.45, 7) is 6.57. The maximum absolute atomic E-state index is 10.2. The topological polar surface area (TPSA) is 38.0 Å². The van der Waals surface area contributed by atoms with E-state index in [1.807, 2.05) is 0 Å². The number of hydrogen-bond donors (Lipinski definition) is 1. The van der Waals surface area contributed by atoms with E-state index in [-0.39, 0.29) is 0 Å². The summed E-state index contributed by atoms with van der Waals surface area (Å²) in [4.78, 5) is 0. The molecule has 1 aromatic rings. The van der Waals surface area contributed by atoms with Gasteiger partial charge in [0.25, 0.3) is 0 Å². The predicted octanol–water partition coefficient (Wildman–Crippen LogP) is 2.95. The molecular weight excluding hydrogens is 212 g/mol. The first-order valence-corrected chi connectivity index (χ1v) is 6.82. The third kappa shape index (κ3) is 2.71. The van der Waals surface area contributed by atoms with Crippen molar-refractivity contribution in [2.24, 2.45) is 5.92 Å². The van der Waals surface area contributed by atoms with Gasteiger partial charge >= 0.3 is 0 Å². The molecule has 0 aromatic carbocycles. The second kappa shape index (κ2) is 4.81. The molecule has 1 saturated carbocycles. The zero-order valence-corrected chi connectivity index (χ0v) is 11.2. The van der Waals surface area contributed by atoms with Gasteiger partial charge in [-0.3, -0.25) is 4.68 Å². The maximum Gasteiger partial charge on any atom is 0.0708 e. The molecule has 3 nitrogen and oxygen atoms in total. The van der Waals surface area contributed by atoms with Gasteiger partial charge in [0, 0.05) is 12.6 Å². The van der Waals surface area contributed by atoms with Gasteiger partial charge in [0.15, 0.2) is 0 Å². The Morgan fingerprint density at radius 2 is 2.12 bits per heavy atom. The predicted molar refractivity (Wildman–Crippen MR) is 68.9 cm³/mol. The molecule has 2 rings (SSSR count). The lowest BCUT2D eigenvalue weighted by Gasteiger charge is -2.41. The molecular formula is C14H24N2O. The zero-order valence-electron chi connectivity index (χ0n) is 11.2. The second-order valence-corrected chi connectivity index (χ2v) is 5.67. The highest BCUT2D eigenvalue weighted by molar-refractivity contribution is 5.08. The maximum atomic E-state index is 10.2. The van der Waals surface area contributed by atoms with E-state index >= 15 is 0 Å². The van der Waals surface area contributed by atoms with Gasteiger partial charge in [0.1, 0.15) is 0 Å². The molecule has 1 N–H and O–H groups in total. The first kappa shape index (κ1) is 12.6. The first-order chi connectivity index (χ1) is 8.06. The normalized spacial score (nSPS) is 28.4. The van der Waals surface area contributed by atoms with Gasteiger partial charge in [0.2, 0.25) is 0 Å². The van der Waals surface area contributed by atoms with Crippen LogP contribution in [-0.4, -0.2) is 20.5 Å². The van der Waals surface area contributed by atoms with Gasteiger partial charge in [-0.2, -0.15) is 5.10 Å². The van der Waals surface area contributed by atoms with Gasteiger partial charge < -0.3 is 5.11 Å². The van der Waals surface area contributed by atoms with Crippen LogP contribution in [0.3, 0.4) is 0 Å². The van der Waals surface area contributed by atoms with Crippen LogP contribution in [0, 0.1) is 5.92 Å². The van der Waals surface area contributed by atoms with Gasteiger partial charge in [-0.25, -0.2) is 0 Å². The monoisotopic (exact) mass is 236 g/mol. The lowest BCUT2D eigenvalue weighted by molar-refractivity contribution is -0.0673. The Bertz CT molecular complexity index is 362. The van der Waals surface area contributed by atoms with Crippen molar-refractivity contribution in [2.45, 2.75) is 64.5 Å². The highest BCUT2D eigenvalue weighted by atomic mass is 16.3. The SMILES string of the molecule is CCC(CC)n1ccc(CC2(O)CC(C)C2)n1. The van der Waals surface area contributed by atoms with Crippen LogP contribution in [0.25, 0.3) is 0 Å². The molecule has 0 saturated heterocycles. The van der Waals surface area contributed by atoms with Crippen LogP contribution >= 0.6 is 0 Å². The van der Waals surface area contributed by atoms with Crippen LogP contribution in [0.5, 0.6) is 0 Å². The number of nitrogens with zero attached hydrogens (tertiary/aromatic N) is 2. The van der Waals surface area contributed by atoms with Crippen LogP contribution in [-0.2, 0) is 6.42 Å². The van der Waals surface area contributed by atoms with E-state index in [1.165, 1.54) is 0 Å². The Kier molecular flexibility index (Phi) is 3.57. The molecule has 1 heterocycles. The Hall–Kier alpha value is -0.830. The summed E-state index contributed by atoms with van der Waals surface area (Å²) in [7, 11) is 0. The third-order valence-corrected chi connectivity index (χ3v) is 3.95. The van der Waals surface area contributed by atoms with Crippen molar-refractivity contribution in [1.29, 1.82) is 0 Å². The van der Waals surface area contributed by atoms with Crippen molar-refractivity contribution in [3.8, 4) is 0 Å². The molecule has 96 valence electrons. The van der Waals surface area contributed by atoms with E-state index in [9.17, 15) is 5.11 Å². The minimum absolute atomic E-state index is 0.480. The van der Waals surface area contributed by atoms with E-state index in [0.29, 0.717) is 18.4 Å². The van der Waals surface area contributed by atoms with Crippen molar-refractivity contribution in [3.05, 3.63) is 18.0 Å². The van der Waals surface area contributed by atoms with Crippen LogP contribution in [0.15, 0.2) is 12.3 Å². The van der Waals surface area contributed by atoms with Crippen molar-refractivity contribution in [2.75, 3.05) is 0 Å². The lowest BCUT2D eigenvalue weighted by atomic mass is 9.70. The van der Waals surface area contributed by atoms with E-state index in [4.69, 9.17) is 0 Å². The van der Waals surface area contributed by atoms with Crippen molar-refractivity contribution in [1.82, 2.24) is 9.78 Å². The highest BCUT2D eigenvalue weighted by Crippen LogP contribution is 2.39. The quantitative estimate of drug-likeness (QED) is 0.853. The van der Waals surface area contributed by atoms with E-state index < -0.39 is 5.60 Å². The third-order valence-electron chi connectivity index (χ3n) is 3.95.